The van der Waals surface area contributed by atoms with Crippen LogP contribution in [0.15, 0.2) is 30.3 Å². The Morgan fingerprint density at radius 2 is 1.66 bits per heavy atom. The van der Waals surface area contributed by atoms with Crippen LogP contribution in [0.2, 0.25) is 0 Å². The monoisotopic (exact) mass is 437 g/mol. The first kappa shape index (κ1) is 21.9. The van der Waals surface area contributed by atoms with E-state index in [1.54, 1.807) is 0 Å². The van der Waals surface area contributed by atoms with E-state index in [-0.39, 0.29) is 29.2 Å². The number of rotatable bonds is 7. The van der Waals surface area contributed by atoms with Crippen LogP contribution >= 0.6 is 0 Å². The van der Waals surface area contributed by atoms with E-state index in [4.69, 9.17) is 0 Å². The number of hydrogen-bond donors (Lipinski definition) is 2. The SMILES string of the molecule is CC(C)C(NC(=O)C12CC3CC(CC(C3)C1)C2)C(=O)NC1CCN(Cc2ccccc2)C1. The van der Waals surface area contributed by atoms with Crippen molar-refractivity contribution in [2.24, 2.45) is 29.1 Å². The van der Waals surface area contributed by atoms with Crippen molar-refractivity contribution in [3.05, 3.63) is 35.9 Å². The second kappa shape index (κ2) is 8.81. The highest BCUT2D eigenvalue weighted by atomic mass is 16.2. The summed E-state index contributed by atoms with van der Waals surface area (Å²) in [5.74, 6) is 2.41. The average Bonchev–Trinajstić information content (AvgIpc) is 3.17. The van der Waals surface area contributed by atoms with Crippen molar-refractivity contribution < 1.29 is 9.59 Å². The molecule has 1 saturated heterocycles. The van der Waals surface area contributed by atoms with Gasteiger partial charge in [0.1, 0.15) is 6.04 Å². The van der Waals surface area contributed by atoms with Crippen LogP contribution in [0.1, 0.15) is 64.4 Å². The summed E-state index contributed by atoms with van der Waals surface area (Å²) in [5.41, 5.74) is 1.10. The first-order valence-electron chi connectivity index (χ1n) is 12.8. The summed E-state index contributed by atoms with van der Waals surface area (Å²) in [4.78, 5) is 29.1. The zero-order valence-electron chi connectivity index (χ0n) is 19.7. The highest BCUT2D eigenvalue weighted by molar-refractivity contribution is 5.90. The van der Waals surface area contributed by atoms with E-state index in [0.717, 1.165) is 63.1 Å². The van der Waals surface area contributed by atoms with Gasteiger partial charge in [-0.1, -0.05) is 44.2 Å². The molecule has 0 spiro atoms. The van der Waals surface area contributed by atoms with E-state index in [2.05, 4.69) is 39.8 Å². The second-order valence-electron chi connectivity index (χ2n) is 11.6. The first-order valence-corrected chi connectivity index (χ1v) is 12.8. The maximum Gasteiger partial charge on any atom is 0.243 e. The molecular formula is C27H39N3O2. The van der Waals surface area contributed by atoms with Crippen LogP contribution in [0.5, 0.6) is 0 Å². The van der Waals surface area contributed by atoms with Gasteiger partial charge in [-0.15, -0.1) is 0 Å². The third kappa shape index (κ3) is 4.46. The van der Waals surface area contributed by atoms with Crippen molar-refractivity contribution >= 4 is 11.8 Å². The van der Waals surface area contributed by atoms with Gasteiger partial charge in [-0.2, -0.15) is 0 Å². The predicted molar refractivity (Wildman–Crippen MR) is 126 cm³/mol. The van der Waals surface area contributed by atoms with Gasteiger partial charge < -0.3 is 10.6 Å². The van der Waals surface area contributed by atoms with Crippen LogP contribution in [0.25, 0.3) is 0 Å². The molecule has 2 unspecified atom stereocenters. The van der Waals surface area contributed by atoms with Crippen molar-refractivity contribution in [3.63, 3.8) is 0 Å². The summed E-state index contributed by atoms with van der Waals surface area (Å²) in [6, 6.07) is 10.2. The lowest BCUT2D eigenvalue weighted by Crippen LogP contribution is -2.59. The molecule has 32 heavy (non-hydrogen) atoms. The molecule has 5 heteroatoms. The van der Waals surface area contributed by atoms with Crippen molar-refractivity contribution in [1.29, 1.82) is 0 Å². The molecule has 1 aromatic rings. The molecule has 1 aromatic carbocycles. The van der Waals surface area contributed by atoms with Gasteiger partial charge in [-0.05, 0) is 74.2 Å². The Labute approximate surface area is 192 Å². The Morgan fingerprint density at radius 3 is 2.25 bits per heavy atom. The van der Waals surface area contributed by atoms with Crippen molar-refractivity contribution in [2.45, 2.75) is 77.4 Å². The molecule has 5 fully saturated rings. The van der Waals surface area contributed by atoms with Gasteiger partial charge in [-0.3, -0.25) is 14.5 Å². The number of nitrogens with zero attached hydrogens (tertiary/aromatic N) is 1. The maximum atomic E-state index is 13.5. The van der Waals surface area contributed by atoms with E-state index in [1.807, 2.05) is 19.9 Å². The summed E-state index contributed by atoms with van der Waals surface area (Å²) < 4.78 is 0. The van der Waals surface area contributed by atoms with Crippen LogP contribution < -0.4 is 10.6 Å². The average molecular weight is 438 g/mol. The topological polar surface area (TPSA) is 61.4 Å². The standard InChI is InChI=1S/C27H39N3O2/c1-18(2)24(29-26(32)27-13-20-10-21(14-27)12-22(11-20)15-27)25(31)28-23-8-9-30(17-23)16-19-6-4-3-5-7-19/h3-7,18,20-24H,8-17H2,1-2H3,(H,28,31)(H,29,32). The molecule has 5 aliphatic rings. The van der Waals surface area contributed by atoms with Crippen molar-refractivity contribution in [3.8, 4) is 0 Å². The largest absolute Gasteiger partial charge is 0.350 e. The van der Waals surface area contributed by atoms with Crippen LogP contribution in [-0.2, 0) is 16.1 Å². The Kier molecular flexibility index (Phi) is 6.04. The van der Waals surface area contributed by atoms with Crippen LogP contribution in [0, 0.1) is 29.1 Å². The van der Waals surface area contributed by atoms with Gasteiger partial charge in [0.05, 0.1) is 0 Å². The predicted octanol–water partition coefficient (Wildman–Crippen LogP) is 3.73. The molecule has 1 aliphatic heterocycles. The normalized spacial score (nSPS) is 34.6. The first-order chi connectivity index (χ1) is 15.4. The number of amides is 2. The number of benzene rings is 1. The third-order valence-electron chi connectivity index (χ3n) is 8.62. The van der Waals surface area contributed by atoms with Crippen molar-refractivity contribution in [1.82, 2.24) is 15.5 Å². The Bertz CT molecular complexity index is 801. The van der Waals surface area contributed by atoms with Gasteiger partial charge in [-0.25, -0.2) is 0 Å². The van der Waals surface area contributed by atoms with Crippen LogP contribution in [0.4, 0.5) is 0 Å². The van der Waals surface area contributed by atoms with Crippen LogP contribution in [0.3, 0.4) is 0 Å². The lowest BCUT2D eigenvalue weighted by atomic mass is 9.49. The second-order valence-corrected chi connectivity index (χ2v) is 11.6. The lowest BCUT2D eigenvalue weighted by molar-refractivity contribution is -0.149. The Balaban J connectivity index is 1.17. The minimum absolute atomic E-state index is 0.00959. The highest BCUT2D eigenvalue weighted by Crippen LogP contribution is 2.60. The van der Waals surface area contributed by atoms with Gasteiger partial charge in [0.2, 0.25) is 11.8 Å². The molecule has 2 amide bonds. The number of carbonyl (C=O) groups is 2. The molecule has 1 heterocycles. The minimum Gasteiger partial charge on any atom is -0.350 e. The molecule has 4 aliphatic carbocycles. The molecule has 174 valence electrons. The zero-order valence-corrected chi connectivity index (χ0v) is 19.7. The molecule has 6 rings (SSSR count). The molecule has 0 aromatic heterocycles. The molecule has 4 saturated carbocycles. The Hall–Kier alpha value is -1.88. The third-order valence-corrected chi connectivity index (χ3v) is 8.62. The van der Waals surface area contributed by atoms with Gasteiger partial charge in [0.25, 0.3) is 0 Å². The molecule has 5 nitrogen and oxygen atoms in total. The van der Waals surface area contributed by atoms with E-state index in [1.165, 1.54) is 24.8 Å². The fraction of sp³-hybridized carbons (Fsp3) is 0.704. The lowest BCUT2D eigenvalue weighted by Gasteiger charge is -2.55. The summed E-state index contributed by atoms with van der Waals surface area (Å²) in [5, 5.41) is 6.49. The van der Waals surface area contributed by atoms with Gasteiger partial charge in [0.15, 0.2) is 0 Å². The van der Waals surface area contributed by atoms with Crippen LogP contribution in [-0.4, -0.2) is 41.9 Å². The molecular weight excluding hydrogens is 398 g/mol. The summed E-state index contributed by atoms with van der Waals surface area (Å²) in [6.07, 6.45) is 8.04. The molecule has 0 radical (unpaired) electrons. The van der Waals surface area contributed by atoms with E-state index < -0.39 is 6.04 Å². The smallest absolute Gasteiger partial charge is 0.243 e. The fourth-order valence-corrected chi connectivity index (χ4v) is 7.44. The van der Waals surface area contributed by atoms with Gasteiger partial charge >= 0.3 is 0 Å². The number of carbonyl (C=O) groups excluding carboxylic acids is 2. The Morgan fingerprint density at radius 1 is 1.03 bits per heavy atom. The van der Waals surface area contributed by atoms with E-state index in [0.29, 0.717) is 0 Å². The summed E-state index contributed by atoms with van der Waals surface area (Å²) in [7, 11) is 0. The quantitative estimate of drug-likeness (QED) is 0.683. The number of nitrogens with one attached hydrogen (secondary N) is 2. The van der Waals surface area contributed by atoms with E-state index >= 15 is 0 Å². The summed E-state index contributed by atoms with van der Waals surface area (Å²) in [6.45, 7) is 6.87. The highest BCUT2D eigenvalue weighted by Gasteiger charge is 2.55. The molecule has 2 atom stereocenters. The van der Waals surface area contributed by atoms with Gasteiger partial charge in [0, 0.05) is 31.1 Å². The maximum absolute atomic E-state index is 13.5. The van der Waals surface area contributed by atoms with E-state index in [9.17, 15) is 9.59 Å². The molecule has 4 bridgehead atoms. The van der Waals surface area contributed by atoms with Crippen molar-refractivity contribution in [2.75, 3.05) is 13.1 Å². The molecule has 2 N–H and O–H groups in total. The number of likely N-dealkylation sites (tertiary alicyclic amines) is 1. The fourth-order valence-electron chi connectivity index (χ4n) is 7.44. The number of hydrogen-bond acceptors (Lipinski definition) is 3. The zero-order chi connectivity index (χ0) is 22.3. The minimum atomic E-state index is -0.446. The summed E-state index contributed by atoms with van der Waals surface area (Å²) >= 11 is 0.